The number of hydrogen-bond donors (Lipinski definition) is 0. The van der Waals surface area contributed by atoms with E-state index in [4.69, 9.17) is 0 Å². The molecular weight excluding hydrogens is 162 g/mol. The molecule has 1 aromatic rings. The first-order valence-electron chi connectivity index (χ1n) is 4.57. The number of nitrogens with zero attached hydrogens (tertiary/aromatic N) is 1. The van der Waals surface area contributed by atoms with Gasteiger partial charge in [0.05, 0.1) is 11.6 Å². The summed E-state index contributed by atoms with van der Waals surface area (Å²) in [6.07, 6.45) is 1.72. The highest BCUT2D eigenvalue weighted by Crippen LogP contribution is 2.16. The topological polar surface area (TPSA) is 30.0 Å². The van der Waals surface area contributed by atoms with Crippen molar-refractivity contribution < 1.29 is 4.79 Å². The molecule has 1 rings (SSSR count). The molecule has 2 heteroatoms. The van der Waals surface area contributed by atoms with Crippen molar-refractivity contribution in [2.75, 3.05) is 0 Å². The first-order chi connectivity index (χ1) is 6.13. The van der Waals surface area contributed by atoms with Crippen molar-refractivity contribution in [3.05, 3.63) is 30.1 Å². The average molecular weight is 177 g/mol. The molecule has 0 saturated heterocycles. The Bertz CT molecular complexity index is 279. The van der Waals surface area contributed by atoms with Gasteiger partial charge in [-0.15, -0.1) is 0 Å². The summed E-state index contributed by atoms with van der Waals surface area (Å²) < 4.78 is 0. The first-order valence-corrected chi connectivity index (χ1v) is 4.57. The summed E-state index contributed by atoms with van der Waals surface area (Å²) in [7, 11) is 0. The normalized spacial score (nSPS) is 12.9. The van der Waals surface area contributed by atoms with Crippen LogP contribution < -0.4 is 0 Å². The number of ketones is 1. The predicted molar refractivity (Wildman–Crippen MR) is 52.5 cm³/mol. The molecule has 0 saturated carbocycles. The van der Waals surface area contributed by atoms with Gasteiger partial charge >= 0.3 is 0 Å². The summed E-state index contributed by atoms with van der Waals surface area (Å²) in [5.41, 5.74) is 0.862. The molecule has 0 amide bonds. The fraction of sp³-hybridized carbons (Fsp3) is 0.455. The highest BCUT2D eigenvalue weighted by Gasteiger charge is 2.18. The van der Waals surface area contributed by atoms with E-state index in [2.05, 4.69) is 4.98 Å². The van der Waals surface area contributed by atoms with E-state index in [1.807, 2.05) is 39.0 Å². The number of hydrogen-bond acceptors (Lipinski definition) is 2. The largest absolute Gasteiger partial charge is 0.299 e. The third-order valence-corrected chi connectivity index (χ3v) is 2.13. The summed E-state index contributed by atoms with van der Waals surface area (Å²) in [5.74, 6) is 0.247. The van der Waals surface area contributed by atoms with Crippen LogP contribution in [0.3, 0.4) is 0 Å². The second-order valence-electron chi connectivity index (χ2n) is 3.53. The van der Waals surface area contributed by atoms with Crippen molar-refractivity contribution in [1.82, 2.24) is 4.98 Å². The highest BCUT2D eigenvalue weighted by molar-refractivity contribution is 5.86. The Morgan fingerprint density at radius 1 is 1.31 bits per heavy atom. The van der Waals surface area contributed by atoms with Crippen molar-refractivity contribution in [3.8, 4) is 0 Å². The van der Waals surface area contributed by atoms with E-state index < -0.39 is 0 Å². The van der Waals surface area contributed by atoms with Crippen LogP contribution in [0.5, 0.6) is 0 Å². The second-order valence-corrected chi connectivity index (χ2v) is 3.53. The zero-order valence-corrected chi connectivity index (χ0v) is 8.32. The van der Waals surface area contributed by atoms with Gasteiger partial charge in [0.2, 0.25) is 0 Å². The van der Waals surface area contributed by atoms with Crippen LogP contribution in [0.2, 0.25) is 0 Å². The van der Waals surface area contributed by atoms with Crippen LogP contribution >= 0.6 is 0 Å². The lowest BCUT2D eigenvalue weighted by Crippen LogP contribution is -2.16. The number of carbonyl (C=O) groups excluding carboxylic acids is 1. The van der Waals surface area contributed by atoms with Crippen molar-refractivity contribution in [2.24, 2.45) is 5.92 Å². The molecule has 70 valence electrons. The van der Waals surface area contributed by atoms with E-state index in [0.29, 0.717) is 0 Å². The van der Waals surface area contributed by atoms with E-state index >= 15 is 0 Å². The first kappa shape index (κ1) is 9.90. The number of aromatic nitrogens is 1. The second kappa shape index (κ2) is 4.17. The fourth-order valence-electron chi connectivity index (χ4n) is 1.28. The smallest absolute Gasteiger partial charge is 0.144 e. The lowest BCUT2D eigenvalue weighted by molar-refractivity contribution is -0.123. The zero-order valence-electron chi connectivity index (χ0n) is 8.32. The van der Waals surface area contributed by atoms with Crippen molar-refractivity contribution in [2.45, 2.75) is 26.7 Å². The van der Waals surface area contributed by atoms with Crippen LogP contribution in [-0.2, 0) is 4.79 Å². The minimum absolute atomic E-state index is 0.0806. The van der Waals surface area contributed by atoms with Crippen LogP contribution in [0.1, 0.15) is 32.4 Å². The van der Waals surface area contributed by atoms with Gasteiger partial charge in [-0.3, -0.25) is 9.78 Å². The molecule has 0 bridgehead atoms. The summed E-state index contributed by atoms with van der Waals surface area (Å²) in [5, 5.41) is 0. The Hall–Kier alpha value is -1.18. The Kier molecular flexibility index (Phi) is 3.18. The van der Waals surface area contributed by atoms with Crippen LogP contribution in [0.15, 0.2) is 24.4 Å². The Morgan fingerprint density at radius 3 is 2.46 bits per heavy atom. The quantitative estimate of drug-likeness (QED) is 0.709. The van der Waals surface area contributed by atoms with E-state index in [1.165, 1.54) is 0 Å². The van der Waals surface area contributed by atoms with Crippen LogP contribution in [0.25, 0.3) is 0 Å². The average Bonchev–Trinajstić information content (AvgIpc) is 2.17. The molecule has 0 spiro atoms. The molecule has 0 aromatic carbocycles. The molecule has 0 radical (unpaired) electrons. The van der Waals surface area contributed by atoms with Gasteiger partial charge in [-0.1, -0.05) is 19.9 Å². The van der Waals surface area contributed by atoms with E-state index in [0.717, 1.165) is 5.69 Å². The maximum Gasteiger partial charge on any atom is 0.144 e. The molecule has 0 fully saturated rings. The maximum absolute atomic E-state index is 11.6. The predicted octanol–water partition coefficient (Wildman–Crippen LogP) is 2.41. The standard InChI is InChI=1S/C11H15NO/c1-8(2)11(13)9(3)10-6-4-5-7-12-10/h4-9H,1-3H3/t9-/m0/s1. The van der Waals surface area contributed by atoms with Gasteiger partial charge in [0, 0.05) is 12.1 Å². The molecule has 0 unspecified atom stereocenters. The molecule has 0 aliphatic rings. The molecule has 2 nitrogen and oxygen atoms in total. The SMILES string of the molecule is CC(C)C(=O)[C@@H](C)c1ccccn1. The van der Waals surface area contributed by atoms with Gasteiger partial charge < -0.3 is 0 Å². The van der Waals surface area contributed by atoms with Gasteiger partial charge in [0.1, 0.15) is 5.78 Å². The number of carbonyl (C=O) groups is 1. The van der Waals surface area contributed by atoms with E-state index in [1.54, 1.807) is 6.20 Å². The summed E-state index contributed by atoms with van der Waals surface area (Å²) in [6.45, 7) is 5.74. The minimum atomic E-state index is -0.0822. The van der Waals surface area contributed by atoms with E-state index in [9.17, 15) is 4.79 Å². The fourth-order valence-corrected chi connectivity index (χ4v) is 1.28. The zero-order chi connectivity index (χ0) is 9.84. The molecule has 13 heavy (non-hydrogen) atoms. The summed E-state index contributed by atoms with van der Waals surface area (Å²) >= 11 is 0. The molecule has 0 N–H and O–H groups in total. The molecule has 1 aromatic heterocycles. The maximum atomic E-state index is 11.6. The molecule has 0 aliphatic heterocycles. The van der Waals surface area contributed by atoms with Crippen LogP contribution in [0.4, 0.5) is 0 Å². The third kappa shape index (κ3) is 2.38. The summed E-state index contributed by atoms with van der Waals surface area (Å²) in [6, 6.07) is 5.66. The molecule has 1 atom stereocenters. The lowest BCUT2D eigenvalue weighted by Gasteiger charge is -2.11. The molecular formula is C11H15NO. The van der Waals surface area contributed by atoms with Gasteiger partial charge in [0.25, 0.3) is 0 Å². The van der Waals surface area contributed by atoms with Gasteiger partial charge in [0.15, 0.2) is 0 Å². The Labute approximate surface area is 79.0 Å². The minimum Gasteiger partial charge on any atom is -0.299 e. The van der Waals surface area contributed by atoms with Gasteiger partial charge in [-0.05, 0) is 19.1 Å². The highest BCUT2D eigenvalue weighted by atomic mass is 16.1. The molecule has 0 aliphatic carbocycles. The van der Waals surface area contributed by atoms with Crippen LogP contribution in [0, 0.1) is 5.92 Å². The summed E-state index contributed by atoms with van der Waals surface area (Å²) in [4.78, 5) is 15.8. The van der Waals surface area contributed by atoms with Gasteiger partial charge in [-0.2, -0.15) is 0 Å². The monoisotopic (exact) mass is 177 g/mol. The number of pyridine rings is 1. The Morgan fingerprint density at radius 2 is 2.00 bits per heavy atom. The van der Waals surface area contributed by atoms with Gasteiger partial charge in [-0.25, -0.2) is 0 Å². The molecule has 1 heterocycles. The lowest BCUT2D eigenvalue weighted by atomic mass is 9.94. The van der Waals surface area contributed by atoms with Crippen molar-refractivity contribution >= 4 is 5.78 Å². The van der Waals surface area contributed by atoms with E-state index in [-0.39, 0.29) is 17.6 Å². The van der Waals surface area contributed by atoms with Crippen LogP contribution in [-0.4, -0.2) is 10.8 Å². The van der Waals surface area contributed by atoms with Crippen molar-refractivity contribution in [1.29, 1.82) is 0 Å². The third-order valence-electron chi connectivity index (χ3n) is 2.13. The number of rotatable bonds is 3. The Balaban J connectivity index is 2.80. The van der Waals surface area contributed by atoms with Crippen molar-refractivity contribution in [3.63, 3.8) is 0 Å². The number of Topliss-reactive ketones (excluding diaryl/α,β-unsaturated/α-hetero) is 1.